The molecule has 0 amide bonds. The summed E-state index contributed by atoms with van der Waals surface area (Å²) in [7, 11) is 0. The standard InChI is InChI=1S/C27H24N4O/c28-17-25(19-11-14-29-15-12-19)27-24-10-9-23(16-21(24)5-3-13-30-27)32-18-22-8-7-20-4-1-2-6-26(20)31-22/h1-2,4,6-12,14-17,28,30H,3,5,13,18H2/b27-25+,28-17?. The number of para-hydroxylation sites is 1. The van der Waals surface area contributed by atoms with Crippen LogP contribution in [0.3, 0.4) is 0 Å². The number of aryl methyl sites for hydroxylation is 1. The summed E-state index contributed by atoms with van der Waals surface area (Å²) in [4.78, 5) is 8.80. The summed E-state index contributed by atoms with van der Waals surface area (Å²) in [5.74, 6) is 0.834. The van der Waals surface area contributed by atoms with Crippen molar-refractivity contribution in [2.75, 3.05) is 6.54 Å². The quantitative estimate of drug-likeness (QED) is 0.432. The SMILES string of the molecule is N=C/C(=C1\NCCCc2cc(OCc3ccc4ccccc4n3)ccc21)c1ccncc1. The molecule has 1 aliphatic heterocycles. The van der Waals surface area contributed by atoms with Gasteiger partial charge >= 0.3 is 0 Å². The van der Waals surface area contributed by atoms with Crippen molar-refractivity contribution in [2.45, 2.75) is 19.4 Å². The molecule has 0 radical (unpaired) electrons. The summed E-state index contributed by atoms with van der Waals surface area (Å²) < 4.78 is 6.10. The summed E-state index contributed by atoms with van der Waals surface area (Å²) in [6.45, 7) is 1.29. The van der Waals surface area contributed by atoms with Crippen molar-refractivity contribution in [3.8, 4) is 5.75 Å². The maximum atomic E-state index is 8.03. The average Bonchev–Trinajstić information content (AvgIpc) is 3.06. The van der Waals surface area contributed by atoms with Gasteiger partial charge in [0.25, 0.3) is 0 Å². The molecule has 2 N–H and O–H groups in total. The molecule has 5 heteroatoms. The zero-order valence-electron chi connectivity index (χ0n) is 17.7. The fraction of sp³-hybridized carbons (Fsp3) is 0.148. The first-order valence-electron chi connectivity index (χ1n) is 10.8. The second kappa shape index (κ2) is 9.02. The van der Waals surface area contributed by atoms with E-state index in [4.69, 9.17) is 15.1 Å². The molecule has 2 aromatic heterocycles. The van der Waals surface area contributed by atoms with E-state index in [-0.39, 0.29) is 0 Å². The molecule has 158 valence electrons. The molecule has 2 aromatic carbocycles. The van der Waals surface area contributed by atoms with Gasteiger partial charge in [-0.2, -0.15) is 0 Å². The third kappa shape index (κ3) is 4.10. The number of hydrogen-bond donors (Lipinski definition) is 2. The summed E-state index contributed by atoms with van der Waals surface area (Å²) in [6, 6.07) is 22.3. The van der Waals surface area contributed by atoms with Crippen LogP contribution < -0.4 is 10.1 Å². The molecule has 3 heterocycles. The van der Waals surface area contributed by atoms with Gasteiger partial charge in [0.2, 0.25) is 0 Å². The number of nitrogens with zero attached hydrogens (tertiary/aromatic N) is 2. The minimum absolute atomic E-state index is 0.424. The highest BCUT2D eigenvalue weighted by Gasteiger charge is 2.17. The lowest BCUT2D eigenvalue weighted by molar-refractivity contribution is 0.301. The Bertz CT molecular complexity index is 1300. The minimum Gasteiger partial charge on any atom is -0.487 e. The number of ether oxygens (including phenoxy) is 1. The van der Waals surface area contributed by atoms with Crippen LogP contribution in [0.2, 0.25) is 0 Å². The van der Waals surface area contributed by atoms with Crippen molar-refractivity contribution in [1.82, 2.24) is 15.3 Å². The number of aromatic nitrogens is 2. The molecule has 0 saturated heterocycles. The molecular weight excluding hydrogens is 396 g/mol. The molecule has 0 bridgehead atoms. The van der Waals surface area contributed by atoms with Gasteiger partial charge in [0.05, 0.1) is 16.9 Å². The van der Waals surface area contributed by atoms with Crippen LogP contribution >= 0.6 is 0 Å². The van der Waals surface area contributed by atoms with Crippen LogP contribution in [0.25, 0.3) is 22.2 Å². The van der Waals surface area contributed by atoms with Crippen molar-refractivity contribution in [2.24, 2.45) is 0 Å². The van der Waals surface area contributed by atoms with Gasteiger partial charge in [0, 0.05) is 41.7 Å². The van der Waals surface area contributed by atoms with E-state index in [0.717, 1.165) is 64.1 Å². The van der Waals surface area contributed by atoms with E-state index in [0.29, 0.717) is 6.61 Å². The van der Waals surface area contributed by atoms with E-state index in [2.05, 4.69) is 34.6 Å². The van der Waals surface area contributed by atoms with E-state index in [1.165, 1.54) is 11.8 Å². The van der Waals surface area contributed by atoms with Crippen LogP contribution in [0, 0.1) is 5.41 Å². The fourth-order valence-corrected chi connectivity index (χ4v) is 4.12. The number of benzene rings is 2. The third-order valence-corrected chi connectivity index (χ3v) is 5.72. The zero-order valence-corrected chi connectivity index (χ0v) is 17.7. The summed E-state index contributed by atoms with van der Waals surface area (Å²) in [6.07, 6.45) is 6.92. The maximum Gasteiger partial charge on any atom is 0.130 e. The van der Waals surface area contributed by atoms with Gasteiger partial charge in [0.1, 0.15) is 12.4 Å². The minimum atomic E-state index is 0.424. The lowest BCUT2D eigenvalue weighted by Gasteiger charge is -2.16. The van der Waals surface area contributed by atoms with Crippen molar-refractivity contribution in [3.05, 3.63) is 102 Å². The van der Waals surface area contributed by atoms with Gasteiger partial charge in [-0.15, -0.1) is 0 Å². The second-order valence-electron chi connectivity index (χ2n) is 7.80. The Morgan fingerprint density at radius 2 is 1.91 bits per heavy atom. The van der Waals surface area contributed by atoms with Crippen molar-refractivity contribution >= 4 is 28.4 Å². The summed E-state index contributed by atoms with van der Waals surface area (Å²) >= 11 is 0. The lowest BCUT2D eigenvalue weighted by atomic mass is 9.96. The highest BCUT2D eigenvalue weighted by atomic mass is 16.5. The molecule has 5 nitrogen and oxygen atoms in total. The number of hydrogen-bond acceptors (Lipinski definition) is 5. The van der Waals surface area contributed by atoms with E-state index < -0.39 is 0 Å². The Balaban J connectivity index is 1.43. The second-order valence-corrected chi connectivity index (χ2v) is 7.80. The molecule has 0 saturated carbocycles. The van der Waals surface area contributed by atoms with Crippen LogP contribution in [-0.2, 0) is 13.0 Å². The van der Waals surface area contributed by atoms with Gasteiger partial charge in [0.15, 0.2) is 0 Å². The molecule has 0 unspecified atom stereocenters. The Hall–Kier alpha value is -3.99. The largest absolute Gasteiger partial charge is 0.487 e. The molecule has 32 heavy (non-hydrogen) atoms. The summed E-state index contributed by atoms with van der Waals surface area (Å²) in [5, 5.41) is 12.7. The monoisotopic (exact) mass is 420 g/mol. The van der Waals surface area contributed by atoms with Gasteiger partial charge < -0.3 is 15.5 Å². The van der Waals surface area contributed by atoms with E-state index in [1.54, 1.807) is 12.4 Å². The Morgan fingerprint density at radius 1 is 1.03 bits per heavy atom. The fourth-order valence-electron chi connectivity index (χ4n) is 4.12. The predicted octanol–water partition coefficient (Wildman–Crippen LogP) is 5.26. The van der Waals surface area contributed by atoms with E-state index >= 15 is 0 Å². The van der Waals surface area contributed by atoms with E-state index in [1.807, 2.05) is 42.5 Å². The van der Waals surface area contributed by atoms with E-state index in [9.17, 15) is 0 Å². The summed E-state index contributed by atoms with van der Waals surface area (Å²) in [5.41, 5.74) is 7.06. The topological polar surface area (TPSA) is 70.9 Å². The highest BCUT2D eigenvalue weighted by molar-refractivity contribution is 6.18. The van der Waals surface area contributed by atoms with Crippen molar-refractivity contribution in [1.29, 1.82) is 5.41 Å². The number of rotatable bonds is 5. The first-order valence-corrected chi connectivity index (χ1v) is 10.8. The number of fused-ring (bicyclic) bond motifs is 2. The smallest absolute Gasteiger partial charge is 0.130 e. The number of allylic oxidation sites excluding steroid dienone is 1. The van der Waals surface area contributed by atoms with Gasteiger partial charge in [-0.05, 0) is 66.4 Å². The first kappa shape index (κ1) is 19.9. The van der Waals surface area contributed by atoms with Crippen molar-refractivity contribution in [3.63, 3.8) is 0 Å². The predicted molar refractivity (Wildman–Crippen MR) is 129 cm³/mol. The average molecular weight is 421 g/mol. The highest BCUT2D eigenvalue weighted by Crippen LogP contribution is 2.31. The van der Waals surface area contributed by atoms with Crippen LogP contribution in [0.1, 0.15) is 28.8 Å². The first-order chi connectivity index (χ1) is 15.8. The zero-order chi connectivity index (χ0) is 21.8. The number of nitrogens with one attached hydrogen (secondary N) is 2. The molecule has 0 fully saturated rings. The molecule has 0 aliphatic carbocycles. The van der Waals surface area contributed by atoms with Crippen LogP contribution in [0.4, 0.5) is 0 Å². The Kier molecular flexibility index (Phi) is 5.62. The molecule has 1 aliphatic rings. The van der Waals surface area contributed by atoms with Crippen molar-refractivity contribution < 1.29 is 4.74 Å². The van der Waals surface area contributed by atoms with Gasteiger partial charge in [-0.3, -0.25) is 4.98 Å². The molecule has 0 atom stereocenters. The van der Waals surface area contributed by atoms with Crippen LogP contribution in [0.15, 0.2) is 79.1 Å². The lowest BCUT2D eigenvalue weighted by Crippen LogP contribution is -2.14. The molecular formula is C27H24N4O. The normalized spacial score (nSPS) is 14.8. The molecule has 5 rings (SSSR count). The van der Waals surface area contributed by atoms with Gasteiger partial charge in [-0.1, -0.05) is 24.3 Å². The Morgan fingerprint density at radius 3 is 2.78 bits per heavy atom. The number of pyridine rings is 2. The van der Waals surface area contributed by atoms with Crippen LogP contribution in [0.5, 0.6) is 5.75 Å². The molecule has 0 spiro atoms. The Labute approximate surface area is 187 Å². The third-order valence-electron chi connectivity index (χ3n) is 5.72. The van der Waals surface area contributed by atoms with Crippen LogP contribution in [-0.4, -0.2) is 22.7 Å². The molecule has 4 aromatic rings. The van der Waals surface area contributed by atoms with Gasteiger partial charge in [-0.25, -0.2) is 4.98 Å². The maximum absolute atomic E-state index is 8.03.